The second-order valence-corrected chi connectivity index (χ2v) is 3.38. The summed E-state index contributed by atoms with van der Waals surface area (Å²) in [6.45, 7) is 0.654. The van der Waals surface area contributed by atoms with Crippen LogP contribution in [0.5, 0.6) is 11.5 Å². The molecule has 4 N–H and O–H groups in total. The highest BCUT2D eigenvalue weighted by Crippen LogP contribution is 2.37. The average Bonchev–Trinajstić information content (AvgIpc) is 2.19. The lowest BCUT2D eigenvalue weighted by atomic mass is 10.0. The van der Waals surface area contributed by atoms with Gasteiger partial charge >= 0.3 is 0 Å². The van der Waals surface area contributed by atoms with Gasteiger partial charge in [-0.3, -0.25) is 0 Å². The zero-order chi connectivity index (χ0) is 10.1. The molecule has 0 saturated heterocycles. The van der Waals surface area contributed by atoms with Crippen molar-refractivity contribution in [3.8, 4) is 11.5 Å². The molecule has 14 heavy (non-hydrogen) atoms. The third kappa shape index (κ3) is 1.37. The molecule has 1 aromatic carbocycles. The Morgan fingerprint density at radius 2 is 2.29 bits per heavy atom. The first-order chi connectivity index (χ1) is 6.72. The molecule has 4 heteroatoms. The van der Waals surface area contributed by atoms with E-state index in [1.165, 1.54) is 0 Å². The van der Waals surface area contributed by atoms with Crippen molar-refractivity contribution in [2.24, 2.45) is 5.73 Å². The van der Waals surface area contributed by atoms with Crippen molar-refractivity contribution in [3.05, 3.63) is 17.7 Å². The molecule has 0 bridgehead atoms. The van der Waals surface area contributed by atoms with Gasteiger partial charge in [0, 0.05) is 24.1 Å². The Kier molecular flexibility index (Phi) is 2.21. The van der Waals surface area contributed by atoms with Crippen LogP contribution in [-0.2, 0) is 0 Å². The number of hydrogen-bond acceptors (Lipinski definition) is 4. The van der Waals surface area contributed by atoms with Crippen molar-refractivity contribution < 1.29 is 9.47 Å². The van der Waals surface area contributed by atoms with Gasteiger partial charge in [0.1, 0.15) is 11.5 Å². The Morgan fingerprint density at radius 1 is 1.50 bits per heavy atom. The molecule has 0 radical (unpaired) electrons. The number of nitrogen functional groups attached to an aromatic ring is 1. The first-order valence-corrected chi connectivity index (χ1v) is 4.58. The van der Waals surface area contributed by atoms with Gasteiger partial charge in [-0.25, -0.2) is 0 Å². The van der Waals surface area contributed by atoms with Crippen LogP contribution in [0, 0.1) is 0 Å². The van der Waals surface area contributed by atoms with Crippen molar-refractivity contribution in [2.75, 3.05) is 19.5 Å². The van der Waals surface area contributed by atoms with E-state index < -0.39 is 0 Å². The summed E-state index contributed by atoms with van der Waals surface area (Å²) in [5, 5.41) is 0. The highest BCUT2D eigenvalue weighted by molar-refractivity contribution is 5.60. The smallest absolute Gasteiger partial charge is 0.145 e. The van der Waals surface area contributed by atoms with E-state index in [0.29, 0.717) is 18.0 Å². The van der Waals surface area contributed by atoms with Crippen molar-refractivity contribution in [2.45, 2.75) is 12.5 Å². The van der Waals surface area contributed by atoms with Crippen molar-refractivity contribution in [1.82, 2.24) is 0 Å². The van der Waals surface area contributed by atoms with Crippen LogP contribution in [0.3, 0.4) is 0 Å². The van der Waals surface area contributed by atoms with Gasteiger partial charge in [0.05, 0.1) is 19.4 Å². The molecule has 76 valence electrons. The van der Waals surface area contributed by atoms with Crippen LogP contribution in [0.15, 0.2) is 12.1 Å². The molecule has 1 aliphatic rings. The highest BCUT2D eigenvalue weighted by atomic mass is 16.5. The third-order valence-corrected chi connectivity index (χ3v) is 2.45. The van der Waals surface area contributed by atoms with Gasteiger partial charge in [0.15, 0.2) is 0 Å². The number of anilines is 1. The van der Waals surface area contributed by atoms with E-state index in [4.69, 9.17) is 20.9 Å². The summed E-state index contributed by atoms with van der Waals surface area (Å²) in [6.07, 6.45) is 0.832. The van der Waals surface area contributed by atoms with Gasteiger partial charge in [-0.1, -0.05) is 0 Å². The molecule has 0 fully saturated rings. The Bertz CT molecular complexity index is 352. The van der Waals surface area contributed by atoms with Crippen molar-refractivity contribution in [1.29, 1.82) is 0 Å². The Hall–Kier alpha value is -1.42. The average molecular weight is 194 g/mol. The molecule has 2 rings (SSSR count). The molecule has 4 nitrogen and oxygen atoms in total. The molecule has 1 aliphatic heterocycles. The molecule has 1 heterocycles. The molecular weight excluding hydrogens is 180 g/mol. The minimum absolute atomic E-state index is 0.0203. The molecule has 0 amide bonds. The lowest BCUT2D eigenvalue weighted by Crippen LogP contribution is -2.20. The monoisotopic (exact) mass is 194 g/mol. The maximum atomic E-state index is 5.93. The normalized spacial score (nSPS) is 19.7. The first-order valence-electron chi connectivity index (χ1n) is 4.58. The van der Waals surface area contributed by atoms with E-state index in [0.717, 1.165) is 17.7 Å². The van der Waals surface area contributed by atoms with E-state index in [1.54, 1.807) is 13.2 Å². The Morgan fingerprint density at radius 3 is 3.00 bits per heavy atom. The molecule has 0 aromatic heterocycles. The molecule has 0 spiro atoms. The topological polar surface area (TPSA) is 70.5 Å². The second kappa shape index (κ2) is 3.38. The Labute approximate surface area is 82.8 Å². The summed E-state index contributed by atoms with van der Waals surface area (Å²) in [5.41, 5.74) is 13.3. The van der Waals surface area contributed by atoms with Gasteiger partial charge in [0.25, 0.3) is 0 Å². The van der Waals surface area contributed by atoms with Gasteiger partial charge < -0.3 is 20.9 Å². The molecule has 0 aliphatic carbocycles. The van der Waals surface area contributed by atoms with Gasteiger partial charge in [-0.05, 0) is 6.07 Å². The molecule has 0 saturated carbocycles. The van der Waals surface area contributed by atoms with Crippen molar-refractivity contribution in [3.63, 3.8) is 0 Å². The van der Waals surface area contributed by atoms with Gasteiger partial charge in [0.2, 0.25) is 0 Å². The number of nitrogens with two attached hydrogens (primary N) is 2. The summed E-state index contributed by atoms with van der Waals surface area (Å²) in [4.78, 5) is 0. The van der Waals surface area contributed by atoms with E-state index in [1.807, 2.05) is 6.07 Å². The number of benzene rings is 1. The molecular formula is C10H14N2O2. The van der Waals surface area contributed by atoms with Crippen LogP contribution in [-0.4, -0.2) is 13.7 Å². The van der Waals surface area contributed by atoms with Crippen molar-refractivity contribution >= 4 is 5.69 Å². The SMILES string of the molecule is COc1cc2c(cc1N)C(N)CCO2. The largest absolute Gasteiger partial charge is 0.494 e. The molecule has 1 aromatic rings. The number of ether oxygens (including phenoxy) is 2. The summed E-state index contributed by atoms with van der Waals surface area (Å²) in [6, 6.07) is 3.65. The zero-order valence-corrected chi connectivity index (χ0v) is 8.12. The van der Waals surface area contributed by atoms with Crippen LogP contribution in [0.2, 0.25) is 0 Å². The fourth-order valence-electron chi connectivity index (χ4n) is 1.64. The summed E-state index contributed by atoms with van der Waals surface area (Å²) in [5.74, 6) is 1.42. The summed E-state index contributed by atoms with van der Waals surface area (Å²) < 4.78 is 10.6. The van der Waals surface area contributed by atoms with Gasteiger partial charge in [-0.2, -0.15) is 0 Å². The van der Waals surface area contributed by atoms with Gasteiger partial charge in [-0.15, -0.1) is 0 Å². The fraction of sp³-hybridized carbons (Fsp3) is 0.400. The van der Waals surface area contributed by atoms with E-state index >= 15 is 0 Å². The van der Waals surface area contributed by atoms with E-state index in [9.17, 15) is 0 Å². The van der Waals surface area contributed by atoms with E-state index in [-0.39, 0.29) is 6.04 Å². The summed E-state index contributed by atoms with van der Waals surface area (Å²) >= 11 is 0. The maximum absolute atomic E-state index is 5.93. The highest BCUT2D eigenvalue weighted by Gasteiger charge is 2.19. The lowest BCUT2D eigenvalue weighted by molar-refractivity contribution is 0.267. The predicted molar refractivity (Wildman–Crippen MR) is 54.4 cm³/mol. The van der Waals surface area contributed by atoms with Crippen LogP contribution in [0.1, 0.15) is 18.0 Å². The van der Waals surface area contributed by atoms with E-state index in [2.05, 4.69) is 0 Å². The third-order valence-electron chi connectivity index (χ3n) is 2.45. The fourth-order valence-corrected chi connectivity index (χ4v) is 1.64. The molecule has 1 atom stereocenters. The number of rotatable bonds is 1. The van der Waals surface area contributed by atoms with Crippen LogP contribution >= 0.6 is 0 Å². The number of fused-ring (bicyclic) bond motifs is 1. The standard InChI is InChI=1S/C10H14N2O2/c1-13-10-5-9-6(4-8(10)12)7(11)2-3-14-9/h4-5,7H,2-3,11-12H2,1H3. The minimum Gasteiger partial charge on any atom is -0.494 e. The van der Waals surface area contributed by atoms with Crippen LogP contribution < -0.4 is 20.9 Å². The zero-order valence-electron chi connectivity index (χ0n) is 8.12. The van der Waals surface area contributed by atoms with Crippen LogP contribution in [0.25, 0.3) is 0 Å². The number of hydrogen-bond donors (Lipinski definition) is 2. The number of methoxy groups -OCH3 is 1. The maximum Gasteiger partial charge on any atom is 0.145 e. The lowest BCUT2D eigenvalue weighted by Gasteiger charge is -2.23. The van der Waals surface area contributed by atoms with Crippen LogP contribution in [0.4, 0.5) is 5.69 Å². The predicted octanol–water partition coefficient (Wildman–Crippen LogP) is 1.06. The summed E-state index contributed by atoms with van der Waals surface area (Å²) in [7, 11) is 1.58. The first kappa shape index (κ1) is 9.15. The second-order valence-electron chi connectivity index (χ2n) is 3.38. The minimum atomic E-state index is 0.0203. The quantitative estimate of drug-likeness (QED) is 0.656. The molecule has 1 unspecified atom stereocenters. The Balaban J connectivity index is 2.48.